The molecule has 0 radical (unpaired) electrons. The first-order valence-electron chi connectivity index (χ1n) is 10.6. The fraction of sp³-hybridized carbons (Fsp3) is 0.304. The van der Waals surface area contributed by atoms with Crippen LogP contribution in [0.15, 0.2) is 48.5 Å². The van der Waals surface area contributed by atoms with Crippen LogP contribution in [0.1, 0.15) is 40.1 Å². The lowest BCUT2D eigenvalue weighted by atomic mass is 9.93. The highest BCUT2D eigenvalue weighted by atomic mass is 35.7. The smallest absolute Gasteiger partial charge is 0.349 e. The van der Waals surface area contributed by atoms with Gasteiger partial charge in [0.1, 0.15) is 12.6 Å². The molecule has 0 N–H and O–H groups in total. The monoisotopic (exact) mass is 551 g/mol. The first kappa shape index (κ1) is 25.9. The molecular weight excluding hydrogens is 533 g/mol. The summed E-state index contributed by atoms with van der Waals surface area (Å²) < 4.78 is 4.13. The van der Waals surface area contributed by atoms with Crippen LogP contribution < -0.4 is 0 Å². The molecule has 2 aromatic carbocycles. The average molecular weight is 552 g/mol. The molecule has 36 heavy (non-hydrogen) atoms. The summed E-state index contributed by atoms with van der Waals surface area (Å²) in [5, 5.41) is 10.8. The topological polar surface area (TPSA) is 127 Å². The Labute approximate surface area is 219 Å². The number of nitro groups is 1. The Bertz CT molecular complexity index is 1250. The number of amides is 3. The van der Waals surface area contributed by atoms with Gasteiger partial charge >= 0.3 is 5.97 Å². The number of β-lactam (4-membered cyclic amide) rings is 1. The Balaban J connectivity index is 1.53. The van der Waals surface area contributed by atoms with Gasteiger partial charge in [0.05, 0.1) is 27.3 Å². The molecule has 10 nitrogen and oxygen atoms in total. The van der Waals surface area contributed by atoms with Crippen LogP contribution in [0, 0.1) is 10.1 Å². The van der Waals surface area contributed by atoms with Gasteiger partial charge in [0.2, 0.25) is 10.9 Å². The lowest BCUT2D eigenvalue weighted by Crippen LogP contribution is -2.75. The number of hydrogen-bond acceptors (Lipinski definition) is 8. The summed E-state index contributed by atoms with van der Waals surface area (Å²) >= 11 is 6.79. The molecule has 0 bridgehead atoms. The van der Waals surface area contributed by atoms with Crippen LogP contribution in [-0.4, -0.2) is 60.7 Å². The van der Waals surface area contributed by atoms with E-state index in [-0.39, 0.29) is 30.0 Å². The number of nitro benzene ring substituents is 1. The molecule has 13 heteroatoms. The van der Waals surface area contributed by atoms with Crippen LogP contribution in [0.25, 0.3) is 0 Å². The van der Waals surface area contributed by atoms with Gasteiger partial charge < -0.3 is 9.64 Å². The molecule has 0 spiro atoms. The lowest BCUT2D eigenvalue weighted by Gasteiger charge is -2.52. The Hall–Kier alpha value is -3.15. The van der Waals surface area contributed by atoms with Gasteiger partial charge in [0.15, 0.2) is 0 Å². The minimum Gasteiger partial charge on any atom is -0.458 e. The third-order valence-corrected chi connectivity index (χ3v) is 8.98. The van der Waals surface area contributed by atoms with Crippen molar-refractivity contribution in [2.24, 2.45) is 0 Å². The van der Waals surface area contributed by atoms with Crippen molar-refractivity contribution in [3.8, 4) is 0 Å². The number of likely N-dealkylation sites (tertiary alicyclic amines) is 1. The average Bonchev–Trinajstić information content (AvgIpc) is 3.11. The highest BCUT2D eigenvalue weighted by Gasteiger charge is 2.64. The van der Waals surface area contributed by atoms with Gasteiger partial charge in [-0.3, -0.25) is 29.4 Å². The maximum Gasteiger partial charge on any atom is 0.349 e. The molecule has 2 atom stereocenters. The quantitative estimate of drug-likeness (QED) is 0.0922. The zero-order chi connectivity index (χ0) is 26.4. The number of hydrogen-bond donors (Lipinski definition) is 0. The van der Waals surface area contributed by atoms with E-state index in [1.165, 1.54) is 36.4 Å². The minimum absolute atomic E-state index is 0.123. The Morgan fingerprint density at radius 3 is 2.14 bits per heavy atom. The van der Waals surface area contributed by atoms with E-state index in [1.54, 1.807) is 26.0 Å². The van der Waals surface area contributed by atoms with Crippen LogP contribution in [-0.2, 0) is 20.9 Å². The molecule has 2 aliphatic rings. The Morgan fingerprint density at radius 2 is 1.67 bits per heavy atom. The second-order valence-electron chi connectivity index (χ2n) is 8.70. The predicted octanol–water partition coefficient (Wildman–Crippen LogP) is 3.75. The number of nitrogens with zero attached hydrogens (tertiary/aromatic N) is 3. The zero-order valence-corrected chi connectivity index (χ0v) is 21.3. The van der Waals surface area contributed by atoms with Gasteiger partial charge in [0.25, 0.3) is 17.5 Å². The van der Waals surface area contributed by atoms with Crippen LogP contribution in [0.2, 0.25) is 0 Å². The third kappa shape index (κ3) is 4.00. The summed E-state index contributed by atoms with van der Waals surface area (Å²) in [6, 6.07) is 10.5. The summed E-state index contributed by atoms with van der Waals surface area (Å²) in [4.78, 5) is 62.2. The third-order valence-electron chi connectivity index (χ3n) is 6.19. The van der Waals surface area contributed by atoms with Gasteiger partial charge in [0, 0.05) is 12.1 Å². The molecule has 188 valence electrons. The highest BCUT2D eigenvalue weighted by Crippen LogP contribution is 2.48. The van der Waals surface area contributed by atoms with Gasteiger partial charge in [-0.1, -0.05) is 23.7 Å². The molecule has 0 aliphatic carbocycles. The largest absolute Gasteiger partial charge is 0.458 e. The number of imide groups is 1. The standard InChI is InChI=1S/C23H19Cl2N3O7S/c1-22(2,36-25)23(24,21(32)35-12-13-7-9-14(10-8-13)28(33)34)26-11-17(20(26)31)27-18(29)15-5-3-4-6-16(15)19(27)30/h3-10,17H,11-12H2,1-2H3. The number of alkyl halides is 1. The summed E-state index contributed by atoms with van der Waals surface area (Å²) in [5.74, 6) is -2.87. The van der Waals surface area contributed by atoms with Crippen molar-refractivity contribution in [1.82, 2.24) is 9.80 Å². The van der Waals surface area contributed by atoms with Crippen molar-refractivity contribution in [3.05, 3.63) is 75.3 Å². The zero-order valence-electron chi connectivity index (χ0n) is 19.0. The van der Waals surface area contributed by atoms with Crippen molar-refractivity contribution in [2.75, 3.05) is 6.54 Å². The van der Waals surface area contributed by atoms with E-state index in [0.29, 0.717) is 16.5 Å². The number of halogens is 2. The Morgan fingerprint density at radius 1 is 1.11 bits per heavy atom. The van der Waals surface area contributed by atoms with Crippen molar-refractivity contribution in [3.63, 3.8) is 0 Å². The van der Waals surface area contributed by atoms with E-state index in [0.717, 1.165) is 9.80 Å². The number of esters is 1. The molecular formula is C23H19Cl2N3O7S. The summed E-state index contributed by atoms with van der Waals surface area (Å²) in [7, 11) is 6.75. The van der Waals surface area contributed by atoms with Crippen molar-refractivity contribution >= 4 is 62.6 Å². The van der Waals surface area contributed by atoms with Gasteiger partial charge in [-0.15, -0.1) is 0 Å². The molecule has 2 unspecified atom stereocenters. The maximum atomic E-state index is 13.3. The number of fused-ring (bicyclic) bond motifs is 1. The van der Waals surface area contributed by atoms with E-state index in [9.17, 15) is 29.3 Å². The van der Waals surface area contributed by atoms with Crippen molar-refractivity contribution < 1.29 is 28.8 Å². The fourth-order valence-corrected chi connectivity index (χ4v) is 5.13. The van der Waals surface area contributed by atoms with Crippen molar-refractivity contribution in [1.29, 1.82) is 0 Å². The molecule has 1 fully saturated rings. The van der Waals surface area contributed by atoms with E-state index in [1.807, 2.05) is 0 Å². The second-order valence-corrected chi connectivity index (χ2v) is 10.9. The predicted molar refractivity (Wildman–Crippen MR) is 131 cm³/mol. The molecule has 2 aliphatic heterocycles. The van der Waals surface area contributed by atoms with Crippen LogP contribution in [0.5, 0.6) is 0 Å². The maximum absolute atomic E-state index is 13.3. The first-order valence-corrected chi connectivity index (χ1v) is 12.6. The number of benzene rings is 2. The van der Waals surface area contributed by atoms with Gasteiger partial charge in [-0.25, -0.2) is 4.79 Å². The van der Waals surface area contributed by atoms with Crippen LogP contribution >= 0.6 is 33.3 Å². The van der Waals surface area contributed by atoms with Crippen LogP contribution in [0.4, 0.5) is 5.69 Å². The highest BCUT2D eigenvalue weighted by molar-refractivity contribution is 8.22. The Kier molecular flexibility index (Phi) is 6.76. The van der Waals surface area contributed by atoms with E-state index in [2.05, 4.69) is 0 Å². The molecule has 1 saturated heterocycles. The normalized spacial score (nSPS) is 19.0. The molecule has 0 saturated carbocycles. The number of carbonyl (C=O) groups excluding carboxylic acids is 4. The number of ether oxygens (including phenoxy) is 1. The summed E-state index contributed by atoms with van der Waals surface area (Å²) in [5.41, 5.74) is 0.736. The second kappa shape index (κ2) is 9.38. The molecule has 0 aromatic heterocycles. The van der Waals surface area contributed by atoms with Crippen LogP contribution in [0.3, 0.4) is 0 Å². The number of non-ortho nitro benzene ring substituents is 1. The SMILES string of the molecule is CC(C)(SCl)C(Cl)(C(=O)OCc1ccc([N+](=O)[O-])cc1)N1CC(N2C(=O)c3ccccc3C2=O)C1=O. The fourth-order valence-electron chi connectivity index (χ4n) is 4.06. The van der Waals surface area contributed by atoms with Crippen molar-refractivity contribution in [2.45, 2.75) is 36.2 Å². The molecule has 2 aromatic rings. The number of rotatable bonds is 8. The molecule has 4 rings (SSSR count). The van der Waals surface area contributed by atoms with Gasteiger partial charge in [-0.05, 0) is 65.3 Å². The molecule has 3 amide bonds. The van der Waals surface area contributed by atoms with Gasteiger partial charge in [-0.2, -0.15) is 0 Å². The summed E-state index contributed by atoms with van der Waals surface area (Å²) in [6.45, 7) is 2.64. The lowest BCUT2D eigenvalue weighted by molar-refractivity contribution is -0.384. The number of carbonyl (C=O) groups is 4. The van der Waals surface area contributed by atoms with E-state index >= 15 is 0 Å². The van der Waals surface area contributed by atoms with E-state index in [4.69, 9.17) is 27.0 Å². The molecule has 2 heterocycles. The minimum atomic E-state index is -2.08. The first-order chi connectivity index (χ1) is 16.9. The summed E-state index contributed by atoms with van der Waals surface area (Å²) in [6.07, 6.45) is 0. The van der Waals surface area contributed by atoms with E-state index < -0.39 is 44.4 Å².